The van der Waals surface area contributed by atoms with Crippen LogP contribution in [0.4, 0.5) is 11.5 Å². The minimum atomic E-state index is -0.425. The van der Waals surface area contributed by atoms with Crippen LogP contribution in [0.15, 0.2) is 42.6 Å². The molecule has 1 aliphatic rings. The van der Waals surface area contributed by atoms with Gasteiger partial charge in [-0.05, 0) is 31.2 Å². The van der Waals surface area contributed by atoms with Gasteiger partial charge < -0.3 is 19.9 Å². The molecule has 2 aromatic rings. The van der Waals surface area contributed by atoms with Crippen molar-refractivity contribution in [3.8, 4) is 0 Å². The van der Waals surface area contributed by atoms with Crippen LogP contribution in [0.3, 0.4) is 0 Å². The van der Waals surface area contributed by atoms with Crippen molar-refractivity contribution in [3.05, 3.63) is 53.7 Å². The van der Waals surface area contributed by atoms with Crippen molar-refractivity contribution in [2.75, 3.05) is 38.1 Å². The van der Waals surface area contributed by atoms with E-state index in [0.717, 1.165) is 6.41 Å². The molecule has 3 rings (SSSR count). The van der Waals surface area contributed by atoms with Crippen LogP contribution < -0.4 is 5.32 Å². The van der Waals surface area contributed by atoms with Crippen LogP contribution in [-0.2, 0) is 9.53 Å². The molecule has 8 nitrogen and oxygen atoms in total. The summed E-state index contributed by atoms with van der Waals surface area (Å²) in [7, 11) is 0. The maximum Gasteiger partial charge on any atom is 0.340 e. The van der Waals surface area contributed by atoms with Gasteiger partial charge in [-0.3, -0.25) is 9.59 Å². The molecule has 0 radical (unpaired) electrons. The average Bonchev–Trinajstić information content (AvgIpc) is 2.74. The lowest BCUT2D eigenvalue weighted by Gasteiger charge is -2.32. The van der Waals surface area contributed by atoms with Crippen LogP contribution in [0.25, 0.3) is 0 Å². The lowest BCUT2D eigenvalue weighted by atomic mass is 10.1. The number of ether oxygens (including phenoxy) is 1. The van der Waals surface area contributed by atoms with Gasteiger partial charge >= 0.3 is 5.97 Å². The molecule has 1 N–H and O–H groups in total. The summed E-state index contributed by atoms with van der Waals surface area (Å²) in [5, 5.41) is 3.09. The molecule has 1 fully saturated rings. The Hall–Kier alpha value is -3.42. The van der Waals surface area contributed by atoms with E-state index in [1.54, 1.807) is 59.3 Å². The van der Waals surface area contributed by atoms with Gasteiger partial charge in [0.1, 0.15) is 5.82 Å². The van der Waals surface area contributed by atoms with E-state index in [1.165, 1.54) is 0 Å². The van der Waals surface area contributed by atoms with Crippen molar-refractivity contribution >= 4 is 29.8 Å². The quantitative estimate of drug-likeness (QED) is 0.606. The molecule has 0 saturated carbocycles. The van der Waals surface area contributed by atoms with Gasteiger partial charge in [0.05, 0.1) is 17.9 Å². The number of piperazine rings is 1. The Morgan fingerprint density at radius 3 is 2.64 bits per heavy atom. The highest BCUT2D eigenvalue weighted by atomic mass is 16.5. The van der Waals surface area contributed by atoms with Crippen LogP contribution in [0.5, 0.6) is 0 Å². The number of hydrogen-bond acceptors (Lipinski definition) is 6. The third-order valence-electron chi connectivity index (χ3n) is 4.44. The van der Waals surface area contributed by atoms with Gasteiger partial charge in [0.2, 0.25) is 6.41 Å². The Bertz CT molecular complexity index is 863. The normalized spacial score (nSPS) is 13.8. The minimum absolute atomic E-state index is 0.116. The minimum Gasteiger partial charge on any atom is -0.462 e. The zero-order valence-corrected chi connectivity index (χ0v) is 15.6. The van der Waals surface area contributed by atoms with E-state index < -0.39 is 5.97 Å². The summed E-state index contributed by atoms with van der Waals surface area (Å²) in [5.74, 6) is -0.0883. The topological polar surface area (TPSA) is 91.8 Å². The predicted molar refractivity (Wildman–Crippen MR) is 103 cm³/mol. The second-order valence-corrected chi connectivity index (χ2v) is 6.25. The van der Waals surface area contributed by atoms with E-state index in [0.29, 0.717) is 48.8 Å². The number of carbonyl (C=O) groups is 3. The molecule has 2 heterocycles. The van der Waals surface area contributed by atoms with Crippen molar-refractivity contribution in [2.45, 2.75) is 6.92 Å². The van der Waals surface area contributed by atoms with Crippen molar-refractivity contribution in [1.29, 1.82) is 0 Å². The number of hydrogen-bond donors (Lipinski definition) is 1. The van der Waals surface area contributed by atoms with E-state index in [-0.39, 0.29) is 12.5 Å². The first-order valence-electron chi connectivity index (χ1n) is 9.10. The molecule has 0 bridgehead atoms. The number of aromatic nitrogens is 1. The monoisotopic (exact) mass is 382 g/mol. The van der Waals surface area contributed by atoms with Gasteiger partial charge in [-0.1, -0.05) is 12.1 Å². The van der Waals surface area contributed by atoms with E-state index in [1.807, 2.05) is 0 Å². The molecule has 1 saturated heterocycles. The number of nitrogens with one attached hydrogen (secondary N) is 1. The van der Waals surface area contributed by atoms with Gasteiger partial charge in [0.15, 0.2) is 0 Å². The summed E-state index contributed by atoms with van der Waals surface area (Å²) < 4.78 is 5.08. The van der Waals surface area contributed by atoms with E-state index in [2.05, 4.69) is 10.3 Å². The van der Waals surface area contributed by atoms with Crippen molar-refractivity contribution in [2.24, 2.45) is 0 Å². The number of carbonyl (C=O) groups excluding carboxylic acids is 3. The summed E-state index contributed by atoms with van der Waals surface area (Å²) in [5.41, 5.74) is 1.44. The van der Waals surface area contributed by atoms with E-state index in [9.17, 15) is 14.4 Å². The molecule has 0 spiro atoms. The second kappa shape index (κ2) is 8.98. The molecule has 1 aromatic carbocycles. The fourth-order valence-electron chi connectivity index (χ4n) is 2.96. The molecule has 8 heteroatoms. The number of rotatable bonds is 6. The zero-order chi connectivity index (χ0) is 19.9. The van der Waals surface area contributed by atoms with Crippen LogP contribution in [0.1, 0.15) is 27.6 Å². The van der Waals surface area contributed by atoms with Crippen molar-refractivity contribution in [1.82, 2.24) is 14.8 Å². The third kappa shape index (κ3) is 4.46. The molecular formula is C20H22N4O4. The maximum atomic E-state index is 12.7. The highest BCUT2D eigenvalue weighted by molar-refractivity contribution is 5.97. The lowest BCUT2D eigenvalue weighted by molar-refractivity contribution is -0.119. The fourth-order valence-corrected chi connectivity index (χ4v) is 2.96. The first kappa shape index (κ1) is 19.3. The summed E-state index contributed by atoms with van der Waals surface area (Å²) in [6, 6.07) is 10.3. The largest absolute Gasteiger partial charge is 0.462 e. The molecule has 146 valence electrons. The molecule has 2 amide bonds. The Morgan fingerprint density at radius 1 is 1.18 bits per heavy atom. The number of amides is 2. The highest BCUT2D eigenvalue weighted by Gasteiger charge is 2.22. The van der Waals surface area contributed by atoms with Gasteiger partial charge in [-0.2, -0.15) is 0 Å². The van der Waals surface area contributed by atoms with E-state index in [4.69, 9.17) is 4.74 Å². The van der Waals surface area contributed by atoms with Crippen LogP contribution in [0.2, 0.25) is 0 Å². The molecule has 0 aliphatic carbocycles. The van der Waals surface area contributed by atoms with E-state index >= 15 is 0 Å². The second-order valence-electron chi connectivity index (χ2n) is 6.25. The van der Waals surface area contributed by atoms with Crippen LogP contribution >= 0.6 is 0 Å². The first-order valence-corrected chi connectivity index (χ1v) is 9.10. The highest BCUT2D eigenvalue weighted by Crippen LogP contribution is 2.21. The molecule has 1 aliphatic heterocycles. The van der Waals surface area contributed by atoms with Crippen molar-refractivity contribution < 1.29 is 19.1 Å². The molecule has 0 unspecified atom stereocenters. The van der Waals surface area contributed by atoms with Crippen LogP contribution in [0, 0.1) is 0 Å². The Labute approximate surface area is 163 Å². The van der Waals surface area contributed by atoms with Crippen LogP contribution in [-0.4, -0.2) is 65.9 Å². The Kier molecular flexibility index (Phi) is 6.21. The van der Waals surface area contributed by atoms with Crippen molar-refractivity contribution in [3.63, 3.8) is 0 Å². The van der Waals surface area contributed by atoms with Gasteiger partial charge in [-0.15, -0.1) is 0 Å². The molecule has 1 aromatic heterocycles. The average molecular weight is 382 g/mol. The summed E-state index contributed by atoms with van der Waals surface area (Å²) in [6.45, 7) is 4.08. The third-order valence-corrected chi connectivity index (χ3v) is 4.44. The number of pyridine rings is 1. The van der Waals surface area contributed by atoms with Gasteiger partial charge in [0, 0.05) is 37.9 Å². The smallest absolute Gasteiger partial charge is 0.340 e. The van der Waals surface area contributed by atoms with Gasteiger partial charge in [-0.25, -0.2) is 9.78 Å². The predicted octanol–water partition coefficient (Wildman–Crippen LogP) is 1.92. The number of esters is 1. The molecular weight excluding hydrogens is 360 g/mol. The number of anilines is 2. The molecule has 0 atom stereocenters. The molecule has 28 heavy (non-hydrogen) atoms. The first-order chi connectivity index (χ1) is 13.6. The zero-order valence-electron chi connectivity index (χ0n) is 15.6. The Morgan fingerprint density at radius 2 is 1.93 bits per heavy atom. The maximum absolute atomic E-state index is 12.7. The summed E-state index contributed by atoms with van der Waals surface area (Å²) >= 11 is 0. The Balaban J connectivity index is 1.75. The number of nitrogens with zero attached hydrogens (tertiary/aromatic N) is 3. The summed E-state index contributed by atoms with van der Waals surface area (Å²) in [6.07, 6.45) is 2.35. The van der Waals surface area contributed by atoms with Gasteiger partial charge in [0.25, 0.3) is 5.91 Å². The lowest BCUT2D eigenvalue weighted by Crippen LogP contribution is -2.48. The number of benzene rings is 1. The number of para-hydroxylation sites is 1. The standard InChI is InChI=1S/C20H22N4O4/c1-2-28-20(27)16-5-3-4-6-17(16)22-18-13-15(7-8-21-18)19(26)24-11-9-23(14-25)10-12-24/h3-8,13-14H,2,9-12H2,1H3,(H,21,22). The SMILES string of the molecule is CCOC(=O)c1ccccc1Nc1cc(C(=O)N2CCN(C=O)CC2)ccn1. The summed E-state index contributed by atoms with van der Waals surface area (Å²) in [4.78, 5) is 43.3. The fraction of sp³-hybridized carbons (Fsp3) is 0.300.